The van der Waals surface area contributed by atoms with Crippen molar-refractivity contribution in [3.8, 4) is 21.8 Å². The van der Waals surface area contributed by atoms with E-state index < -0.39 is 6.10 Å². The van der Waals surface area contributed by atoms with E-state index >= 15 is 0 Å². The highest BCUT2D eigenvalue weighted by Gasteiger charge is 2.19. The number of anilines is 1. The van der Waals surface area contributed by atoms with Crippen molar-refractivity contribution in [2.24, 2.45) is 0 Å². The van der Waals surface area contributed by atoms with E-state index in [0.29, 0.717) is 12.4 Å². The zero-order valence-electron chi connectivity index (χ0n) is 13.6. The van der Waals surface area contributed by atoms with Crippen molar-refractivity contribution < 1.29 is 5.11 Å². The molecule has 3 N–H and O–H groups in total. The highest BCUT2D eigenvalue weighted by molar-refractivity contribution is 7.21. The molecule has 0 saturated heterocycles. The number of nitrogens with two attached hydrogens (primary N) is 1. The molecule has 7 heteroatoms. The third-order valence-corrected chi connectivity index (χ3v) is 4.99. The van der Waals surface area contributed by atoms with Gasteiger partial charge in [0.25, 0.3) is 0 Å². The average Bonchev–Trinajstić information content (AvgIpc) is 3.19. The predicted octanol–water partition coefficient (Wildman–Crippen LogP) is 3.18. The number of fused-ring (bicyclic) bond motifs is 1. The largest absolute Gasteiger partial charge is 0.392 e. The molecule has 6 nitrogen and oxygen atoms in total. The van der Waals surface area contributed by atoms with Gasteiger partial charge in [-0.05, 0) is 13.0 Å². The molecule has 3 heterocycles. The Morgan fingerprint density at radius 3 is 2.72 bits per heavy atom. The van der Waals surface area contributed by atoms with Gasteiger partial charge in [0.2, 0.25) is 0 Å². The van der Waals surface area contributed by atoms with Crippen LogP contribution in [-0.2, 0) is 6.54 Å². The lowest BCUT2D eigenvalue weighted by molar-refractivity contribution is 0.174. The van der Waals surface area contributed by atoms with Gasteiger partial charge in [-0.15, -0.1) is 11.3 Å². The predicted molar refractivity (Wildman–Crippen MR) is 100 cm³/mol. The van der Waals surface area contributed by atoms with E-state index in [9.17, 15) is 5.11 Å². The Balaban J connectivity index is 1.94. The number of imidazole rings is 1. The van der Waals surface area contributed by atoms with E-state index in [1.165, 1.54) is 6.33 Å². The summed E-state index contributed by atoms with van der Waals surface area (Å²) in [5, 5.41) is 10.7. The Kier molecular flexibility index (Phi) is 3.95. The minimum atomic E-state index is -0.476. The van der Waals surface area contributed by atoms with Crippen LogP contribution < -0.4 is 5.73 Å². The molecular weight excluding hydrogens is 334 g/mol. The molecule has 3 aromatic heterocycles. The molecule has 0 radical (unpaired) electrons. The fourth-order valence-corrected chi connectivity index (χ4v) is 3.93. The van der Waals surface area contributed by atoms with Gasteiger partial charge in [-0.1, -0.05) is 30.3 Å². The van der Waals surface area contributed by atoms with Crippen molar-refractivity contribution in [3.63, 3.8) is 0 Å². The Morgan fingerprint density at radius 2 is 2.00 bits per heavy atom. The van der Waals surface area contributed by atoms with Gasteiger partial charge in [-0.25, -0.2) is 15.0 Å². The van der Waals surface area contributed by atoms with Crippen molar-refractivity contribution in [1.82, 2.24) is 19.5 Å². The van der Waals surface area contributed by atoms with Crippen LogP contribution in [0.15, 0.2) is 49.1 Å². The van der Waals surface area contributed by atoms with Crippen molar-refractivity contribution in [3.05, 3.63) is 49.1 Å². The van der Waals surface area contributed by atoms with Crippen molar-refractivity contribution in [1.29, 1.82) is 0 Å². The first-order chi connectivity index (χ1) is 12.1. The molecular formula is C18H17N5OS. The van der Waals surface area contributed by atoms with E-state index in [-0.39, 0.29) is 0 Å². The highest BCUT2D eigenvalue weighted by Crippen LogP contribution is 2.38. The summed E-state index contributed by atoms with van der Waals surface area (Å²) < 4.78 is 1.97. The number of nitrogen functional groups attached to an aromatic ring is 1. The SMILES string of the molecule is CC(O)Cn1cnc(-c2ccccc2)c1-c1cc2c(N)ncnc2s1. The van der Waals surface area contributed by atoms with Gasteiger partial charge in [0, 0.05) is 12.1 Å². The summed E-state index contributed by atoms with van der Waals surface area (Å²) in [6.07, 6.45) is 2.77. The number of thiophene rings is 1. The molecule has 4 aromatic rings. The van der Waals surface area contributed by atoms with Crippen LogP contribution in [0.2, 0.25) is 0 Å². The van der Waals surface area contributed by atoms with E-state index in [1.54, 1.807) is 24.6 Å². The molecule has 1 atom stereocenters. The van der Waals surface area contributed by atoms with Gasteiger partial charge in [-0.2, -0.15) is 0 Å². The number of nitrogens with zero attached hydrogens (tertiary/aromatic N) is 4. The Morgan fingerprint density at radius 1 is 1.20 bits per heavy atom. The van der Waals surface area contributed by atoms with E-state index in [4.69, 9.17) is 5.73 Å². The van der Waals surface area contributed by atoms with Crippen LogP contribution in [0.4, 0.5) is 5.82 Å². The van der Waals surface area contributed by atoms with Gasteiger partial charge < -0.3 is 15.4 Å². The normalized spacial score (nSPS) is 12.6. The van der Waals surface area contributed by atoms with Crippen molar-refractivity contribution >= 4 is 27.4 Å². The Hall–Kier alpha value is -2.77. The molecule has 0 amide bonds. The lowest BCUT2D eigenvalue weighted by atomic mass is 10.1. The Bertz CT molecular complexity index is 1020. The minimum absolute atomic E-state index is 0.463. The molecule has 1 unspecified atom stereocenters. The van der Waals surface area contributed by atoms with E-state index in [0.717, 1.165) is 32.0 Å². The number of hydrogen-bond donors (Lipinski definition) is 2. The Labute approximate surface area is 148 Å². The molecule has 0 saturated carbocycles. The van der Waals surface area contributed by atoms with Gasteiger partial charge in [0.05, 0.1) is 34.1 Å². The number of hydrogen-bond acceptors (Lipinski definition) is 6. The summed E-state index contributed by atoms with van der Waals surface area (Å²) in [5.41, 5.74) is 8.84. The fraction of sp³-hybridized carbons (Fsp3) is 0.167. The standard InChI is InChI=1S/C18H17N5OS/c1-11(24)8-23-10-22-15(12-5-3-2-4-6-12)16(23)14-7-13-17(19)20-9-21-18(13)25-14/h2-7,9-11,24H,8H2,1H3,(H2,19,20,21). The fourth-order valence-electron chi connectivity index (χ4n) is 2.86. The highest BCUT2D eigenvalue weighted by atomic mass is 32.1. The van der Waals surface area contributed by atoms with Crippen LogP contribution in [0.5, 0.6) is 0 Å². The quantitative estimate of drug-likeness (QED) is 0.589. The van der Waals surface area contributed by atoms with Crippen LogP contribution in [0.25, 0.3) is 32.0 Å². The summed E-state index contributed by atoms with van der Waals surface area (Å²) in [6, 6.07) is 12.0. The third kappa shape index (κ3) is 2.88. The van der Waals surface area contributed by atoms with Crippen LogP contribution in [0, 0.1) is 0 Å². The minimum Gasteiger partial charge on any atom is -0.392 e. The summed E-state index contributed by atoms with van der Waals surface area (Å²) in [5.74, 6) is 0.468. The summed E-state index contributed by atoms with van der Waals surface area (Å²) in [6.45, 7) is 2.23. The van der Waals surface area contributed by atoms with Gasteiger partial charge >= 0.3 is 0 Å². The van der Waals surface area contributed by atoms with Crippen molar-refractivity contribution in [2.75, 3.05) is 5.73 Å². The second-order valence-electron chi connectivity index (χ2n) is 5.90. The maximum Gasteiger partial charge on any atom is 0.135 e. The summed E-state index contributed by atoms with van der Waals surface area (Å²) in [4.78, 5) is 14.8. The average molecular weight is 351 g/mol. The number of aromatic nitrogens is 4. The molecule has 4 rings (SSSR count). The van der Waals surface area contributed by atoms with Crippen LogP contribution in [0.3, 0.4) is 0 Å². The third-order valence-electron chi connectivity index (χ3n) is 3.94. The number of benzene rings is 1. The summed E-state index contributed by atoms with van der Waals surface area (Å²) >= 11 is 1.55. The van der Waals surface area contributed by atoms with Crippen molar-refractivity contribution in [2.45, 2.75) is 19.6 Å². The zero-order chi connectivity index (χ0) is 17.4. The smallest absolute Gasteiger partial charge is 0.135 e. The lowest BCUT2D eigenvalue weighted by Gasteiger charge is -2.10. The second-order valence-corrected chi connectivity index (χ2v) is 6.93. The maximum absolute atomic E-state index is 9.85. The van der Waals surface area contributed by atoms with Crippen LogP contribution in [0.1, 0.15) is 6.92 Å². The van der Waals surface area contributed by atoms with Gasteiger partial charge in [0.1, 0.15) is 17.0 Å². The second kappa shape index (κ2) is 6.27. The first-order valence-electron chi connectivity index (χ1n) is 7.92. The number of aliphatic hydroxyl groups is 1. The monoisotopic (exact) mass is 351 g/mol. The number of aliphatic hydroxyl groups excluding tert-OH is 1. The molecule has 1 aromatic carbocycles. The first-order valence-corrected chi connectivity index (χ1v) is 8.74. The van der Waals surface area contributed by atoms with Gasteiger partial charge in [-0.3, -0.25) is 0 Å². The topological polar surface area (TPSA) is 89.8 Å². The molecule has 0 bridgehead atoms. The zero-order valence-corrected chi connectivity index (χ0v) is 14.4. The maximum atomic E-state index is 9.85. The molecule has 0 aliphatic heterocycles. The summed E-state index contributed by atoms with van der Waals surface area (Å²) in [7, 11) is 0. The number of rotatable bonds is 4. The lowest BCUT2D eigenvalue weighted by Crippen LogP contribution is -2.11. The molecule has 126 valence electrons. The molecule has 0 aliphatic carbocycles. The van der Waals surface area contributed by atoms with E-state index in [2.05, 4.69) is 15.0 Å². The van der Waals surface area contributed by atoms with Crippen LogP contribution in [-0.4, -0.2) is 30.7 Å². The molecule has 0 spiro atoms. The molecule has 0 fully saturated rings. The molecule has 25 heavy (non-hydrogen) atoms. The first kappa shape index (κ1) is 15.7. The van der Waals surface area contributed by atoms with Crippen LogP contribution >= 0.6 is 11.3 Å². The molecule has 0 aliphatic rings. The van der Waals surface area contributed by atoms with Gasteiger partial charge in [0.15, 0.2) is 0 Å². The van der Waals surface area contributed by atoms with E-state index in [1.807, 2.05) is 41.0 Å².